The Morgan fingerprint density at radius 2 is 2.08 bits per heavy atom. The predicted molar refractivity (Wildman–Crippen MR) is 142 cm³/mol. The highest BCUT2D eigenvalue weighted by molar-refractivity contribution is 5.93. The number of H-pyrrole nitrogens is 1. The Labute approximate surface area is 215 Å². The number of aromatic amines is 1. The first-order chi connectivity index (χ1) is 17.9. The lowest BCUT2D eigenvalue weighted by Crippen LogP contribution is -2.38. The maximum absolute atomic E-state index is 14.3. The van der Waals surface area contributed by atoms with Gasteiger partial charge in [-0.25, -0.2) is 9.07 Å². The number of halogens is 1. The van der Waals surface area contributed by atoms with Crippen LogP contribution < -0.4 is 9.47 Å². The van der Waals surface area contributed by atoms with E-state index in [2.05, 4.69) is 28.3 Å². The van der Waals surface area contributed by atoms with Crippen molar-refractivity contribution >= 4 is 23.1 Å². The van der Waals surface area contributed by atoms with E-state index in [9.17, 15) is 4.39 Å². The second-order valence-electron chi connectivity index (χ2n) is 9.78. The molecule has 0 aliphatic carbocycles. The Balaban J connectivity index is 1.69. The largest absolute Gasteiger partial charge is 0.476 e. The lowest BCUT2D eigenvalue weighted by molar-refractivity contribution is 0.123. The summed E-state index contributed by atoms with van der Waals surface area (Å²) < 4.78 is 30.3. The van der Waals surface area contributed by atoms with Crippen molar-refractivity contribution in [1.82, 2.24) is 34.7 Å². The van der Waals surface area contributed by atoms with Crippen LogP contribution in [0, 0.1) is 0 Å². The number of fused-ring (bicyclic) bond motifs is 4. The summed E-state index contributed by atoms with van der Waals surface area (Å²) in [4.78, 5) is 1.98. The van der Waals surface area contributed by atoms with Crippen molar-refractivity contribution in [3.63, 3.8) is 0 Å². The van der Waals surface area contributed by atoms with Crippen LogP contribution in [0.4, 0.5) is 4.39 Å². The van der Waals surface area contributed by atoms with Crippen LogP contribution in [0.2, 0.25) is 0 Å². The second kappa shape index (κ2) is 10.4. The van der Waals surface area contributed by atoms with Crippen LogP contribution in [0.15, 0.2) is 24.4 Å². The maximum atomic E-state index is 14.3. The van der Waals surface area contributed by atoms with Crippen molar-refractivity contribution in [1.29, 1.82) is 0 Å². The van der Waals surface area contributed by atoms with Crippen molar-refractivity contribution in [3.8, 4) is 22.9 Å². The van der Waals surface area contributed by atoms with E-state index >= 15 is 0 Å². The van der Waals surface area contributed by atoms with E-state index in [1.807, 2.05) is 61.8 Å². The molecule has 0 radical (unpaired) electrons. The summed E-state index contributed by atoms with van der Waals surface area (Å²) in [7, 11) is 3.74. The SMILES string of the molecule is CCCn1nc(OC(C)C)c2c1CN(C)C(CF)COc1c(cnn1C)-c1ccc3n[nH]c(c3c1)/C=C/2. The summed E-state index contributed by atoms with van der Waals surface area (Å²) >= 11 is 0. The maximum Gasteiger partial charge on any atom is 0.240 e. The second-order valence-corrected chi connectivity index (χ2v) is 9.78. The van der Waals surface area contributed by atoms with Crippen LogP contribution in [-0.4, -0.2) is 67.1 Å². The third kappa shape index (κ3) is 4.85. The van der Waals surface area contributed by atoms with E-state index < -0.39 is 12.7 Å². The zero-order chi connectivity index (χ0) is 26.1. The van der Waals surface area contributed by atoms with Gasteiger partial charge in [-0.15, -0.1) is 5.10 Å². The summed E-state index contributed by atoms with van der Waals surface area (Å²) in [6.45, 7) is 6.94. The molecule has 1 aliphatic rings. The molecule has 9 nitrogen and oxygen atoms in total. The van der Waals surface area contributed by atoms with Crippen molar-refractivity contribution in [2.24, 2.45) is 7.05 Å². The quantitative estimate of drug-likeness (QED) is 0.422. The van der Waals surface area contributed by atoms with Crippen LogP contribution >= 0.6 is 0 Å². The molecule has 4 heterocycles. The summed E-state index contributed by atoms with van der Waals surface area (Å²) in [5, 5.41) is 17.8. The Bertz CT molecular complexity index is 1420. The third-order valence-corrected chi connectivity index (χ3v) is 6.66. The molecule has 1 N–H and O–H groups in total. The smallest absolute Gasteiger partial charge is 0.240 e. The molecular weight excluding hydrogens is 473 g/mol. The van der Waals surface area contributed by atoms with Gasteiger partial charge in [0.15, 0.2) is 0 Å². The lowest BCUT2D eigenvalue weighted by Gasteiger charge is -2.26. The zero-order valence-electron chi connectivity index (χ0n) is 22.0. The van der Waals surface area contributed by atoms with Gasteiger partial charge in [0.1, 0.15) is 13.3 Å². The number of rotatable bonds is 5. The van der Waals surface area contributed by atoms with Crippen molar-refractivity contribution in [3.05, 3.63) is 41.3 Å². The number of nitrogens with one attached hydrogen (secondary N) is 1. The topological polar surface area (TPSA) is 86.0 Å². The molecule has 0 fully saturated rings. The number of aryl methyl sites for hydroxylation is 2. The van der Waals surface area contributed by atoms with Crippen molar-refractivity contribution in [2.45, 2.75) is 52.4 Å². The first-order valence-electron chi connectivity index (χ1n) is 12.7. The third-order valence-electron chi connectivity index (χ3n) is 6.66. The summed E-state index contributed by atoms with van der Waals surface area (Å²) in [5.41, 5.74) is 5.39. The molecule has 1 aliphatic heterocycles. The molecule has 2 bridgehead atoms. The Morgan fingerprint density at radius 1 is 1.24 bits per heavy atom. The van der Waals surface area contributed by atoms with E-state index in [0.29, 0.717) is 18.3 Å². The predicted octanol–water partition coefficient (Wildman–Crippen LogP) is 4.69. The van der Waals surface area contributed by atoms with Gasteiger partial charge in [0.05, 0.1) is 46.4 Å². The lowest BCUT2D eigenvalue weighted by atomic mass is 10.1. The average Bonchev–Trinajstić information content (AvgIpc) is 3.53. The minimum absolute atomic E-state index is 0.0357. The van der Waals surface area contributed by atoms with Crippen LogP contribution in [0.25, 0.3) is 34.2 Å². The Kier molecular flexibility index (Phi) is 7.01. The minimum Gasteiger partial charge on any atom is -0.476 e. The van der Waals surface area contributed by atoms with Crippen LogP contribution in [0.3, 0.4) is 0 Å². The Morgan fingerprint density at radius 3 is 2.84 bits per heavy atom. The fourth-order valence-corrected chi connectivity index (χ4v) is 4.64. The molecule has 1 unspecified atom stereocenters. The normalized spacial score (nSPS) is 17.3. The van der Waals surface area contributed by atoms with Crippen molar-refractivity contribution < 1.29 is 13.9 Å². The fourth-order valence-electron chi connectivity index (χ4n) is 4.64. The van der Waals surface area contributed by atoms with Gasteiger partial charge in [0.25, 0.3) is 0 Å². The highest BCUT2D eigenvalue weighted by atomic mass is 19.1. The van der Waals surface area contributed by atoms with Gasteiger partial charge in [-0.1, -0.05) is 13.0 Å². The molecule has 37 heavy (non-hydrogen) atoms. The monoisotopic (exact) mass is 507 g/mol. The van der Waals surface area contributed by atoms with E-state index in [-0.39, 0.29) is 12.7 Å². The number of aromatic nitrogens is 6. The van der Waals surface area contributed by atoms with Gasteiger partial charge >= 0.3 is 0 Å². The number of ether oxygens (including phenoxy) is 2. The highest BCUT2D eigenvalue weighted by Crippen LogP contribution is 2.34. The molecule has 10 heteroatoms. The van der Waals surface area contributed by atoms with Gasteiger partial charge in [0, 0.05) is 25.5 Å². The van der Waals surface area contributed by atoms with Gasteiger partial charge in [-0.05, 0) is 57.2 Å². The molecule has 5 rings (SSSR count). The molecular formula is C27H34FN7O2. The number of likely N-dealkylation sites (N-methyl/N-ethyl adjacent to an activating group) is 1. The van der Waals surface area contributed by atoms with Gasteiger partial charge in [0.2, 0.25) is 11.8 Å². The molecule has 0 saturated heterocycles. The molecule has 1 aromatic carbocycles. The molecule has 0 amide bonds. The first kappa shape index (κ1) is 25.0. The fraction of sp³-hybridized carbons (Fsp3) is 0.444. The van der Waals surface area contributed by atoms with E-state index in [4.69, 9.17) is 14.6 Å². The van der Waals surface area contributed by atoms with Crippen LogP contribution in [-0.2, 0) is 20.1 Å². The standard InChI is InChI=1S/C27H34FN7O2/c1-6-11-35-25-15-33(4)19(13-28)16-36-27-22(14-29-34(27)5)18-7-9-23-21(12-18)24(31-30-23)10-8-20(25)26(32-35)37-17(2)3/h7-10,12,14,17,19H,6,11,13,15-16H2,1-5H3,(H,30,31)/b10-8+. The van der Waals surface area contributed by atoms with Gasteiger partial charge in [-0.3, -0.25) is 14.7 Å². The Hall–Kier alpha value is -3.66. The van der Waals surface area contributed by atoms with Gasteiger partial charge in [-0.2, -0.15) is 10.2 Å². The van der Waals surface area contributed by atoms with Crippen molar-refractivity contribution in [2.75, 3.05) is 20.3 Å². The zero-order valence-corrected chi connectivity index (χ0v) is 22.0. The van der Waals surface area contributed by atoms with E-state index in [0.717, 1.165) is 51.9 Å². The average molecular weight is 508 g/mol. The summed E-state index contributed by atoms with van der Waals surface area (Å²) in [6, 6.07) is 5.60. The highest BCUT2D eigenvalue weighted by Gasteiger charge is 2.25. The van der Waals surface area contributed by atoms with E-state index in [1.165, 1.54) is 0 Å². The number of hydrogen-bond donors (Lipinski definition) is 1. The molecule has 196 valence electrons. The number of hydrogen-bond acceptors (Lipinski definition) is 6. The number of benzene rings is 1. The number of alkyl halides is 1. The molecule has 0 spiro atoms. The minimum atomic E-state index is -0.547. The van der Waals surface area contributed by atoms with E-state index in [1.54, 1.807) is 10.9 Å². The number of nitrogens with zero attached hydrogens (tertiary/aromatic N) is 6. The summed E-state index contributed by atoms with van der Waals surface area (Å²) in [5.74, 6) is 1.18. The van der Waals surface area contributed by atoms with Crippen LogP contribution in [0.5, 0.6) is 11.8 Å². The summed E-state index contributed by atoms with van der Waals surface area (Å²) in [6.07, 6.45) is 6.69. The van der Waals surface area contributed by atoms with Crippen LogP contribution in [0.1, 0.15) is 44.1 Å². The first-order valence-corrected chi connectivity index (χ1v) is 12.7. The molecule has 0 saturated carbocycles. The molecule has 4 aromatic rings. The van der Waals surface area contributed by atoms with Gasteiger partial charge < -0.3 is 9.47 Å². The molecule has 3 aromatic heterocycles. The molecule has 1 atom stereocenters.